The van der Waals surface area contributed by atoms with Gasteiger partial charge < -0.3 is 4.90 Å². The fraction of sp³-hybridized carbons (Fsp3) is 0.900. The lowest BCUT2D eigenvalue weighted by atomic mass is 9.87. The largest absolute Gasteiger partial charge is 0.349 e. The first-order chi connectivity index (χ1) is 7.29. The van der Waals surface area contributed by atoms with Gasteiger partial charge in [0.25, 0.3) is 10.1 Å². The average molecular weight is 249 g/mol. The summed E-state index contributed by atoms with van der Waals surface area (Å²) < 4.78 is 26.8. The smallest absolute Gasteiger partial charge is 0.264 e. The molecule has 16 heavy (non-hydrogen) atoms. The molecule has 1 fully saturated rings. The maximum atomic E-state index is 11.7. The molecule has 0 aromatic carbocycles. The Morgan fingerprint density at radius 3 is 2.06 bits per heavy atom. The molecule has 94 valence electrons. The highest BCUT2D eigenvalue weighted by Crippen LogP contribution is 2.27. The quantitative estimate of drug-likeness (QED) is 0.687. The second-order valence-corrected chi connectivity index (χ2v) is 6.11. The Balaban J connectivity index is 2.43. The van der Waals surface area contributed by atoms with E-state index in [1.165, 1.54) is 0 Å². The second-order valence-electron chi connectivity index (χ2n) is 4.51. The highest BCUT2D eigenvalue weighted by atomic mass is 32.2. The number of rotatable bonds is 3. The zero-order chi connectivity index (χ0) is 12.3. The Bertz CT molecular complexity index is 342. The van der Waals surface area contributed by atoms with E-state index in [-0.39, 0.29) is 17.9 Å². The maximum absolute atomic E-state index is 11.7. The van der Waals surface area contributed by atoms with Crippen molar-refractivity contribution < 1.29 is 17.4 Å². The van der Waals surface area contributed by atoms with Crippen molar-refractivity contribution in [2.75, 3.05) is 20.4 Å². The molecule has 0 aromatic rings. The molecule has 1 amide bonds. The van der Waals surface area contributed by atoms with Crippen molar-refractivity contribution in [3.63, 3.8) is 0 Å². The molecular weight excluding hydrogens is 230 g/mol. The molecule has 0 aliphatic heterocycles. The summed E-state index contributed by atoms with van der Waals surface area (Å²) in [5.41, 5.74) is 0. The number of carbonyl (C=O) groups is 1. The van der Waals surface area contributed by atoms with Crippen LogP contribution in [0.3, 0.4) is 0 Å². The van der Waals surface area contributed by atoms with Crippen molar-refractivity contribution in [3.8, 4) is 0 Å². The third-order valence-electron chi connectivity index (χ3n) is 2.78. The van der Waals surface area contributed by atoms with E-state index in [0.717, 1.165) is 6.26 Å². The van der Waals surface area contributed by atoms with E-state index in [1.807, 2.05) is 0 Å². The van der Waals surface area contributed by atoms with Crippen LogP contribution in [-0.4, -0.2) is 45.7 Å². The molecule has 6 heteroatoms. The maximum Gasteiger partial charge on any atom is 0.264 e. The van der Waals surface area contributed by atoms with Gasteiger partial charge in [0.1, 0.15) is 0 Å². The van der Waals surface area contributed by atoms with Crippen LogP contribution in [0.25, 0.3) is 0 Å². The van der Waals surface area contributed by atoms with Gasteiger partial charge in [-0.25, -0.2) is 0 Å². The molecule has 5 nitrogen and oxygen atoms in total. The molecule has 0 atom stereocenters. The molecular formula is C10H19NO4S. The van der Waals surface area contributed by atoms with Crippen LogP contribution in [0, 0.1) is 5.92 Å². The van der Waals surface area contributed by atoms with Gasteiger partial charge in [-0.3, -0.25) is 8.98 Å². The molecule has 0 bridgehead atoms. The number of amides is 1. The van der Waals surface area contributed by atoms with Gasteiger partial charge in [-0.1, -0.05) is 0 Å². The van der Waals surface area contributed by atoms with Crippen molar-refractivity contribution >= 4 is 16.0 Å². The fourth-order valence-corrected chi connectivity index (χ4v) is 2.71. The fourth-order valence-electron chi connectivity index (χ4n) is 2.02. The van der Waals surface area contributed by atoms with E-state index >= 15 is 0 Å². The van der Waals surface area contributed by atoms with Gasteiger partial charge in [-0.15, -0.1) is 0 Å². The first-order valence-corrected chi connectivity index (χ1v) is 7.20. The van der Waals surface area contributed by atoms with Crippen LogP contribution in [0.1, 0.15) is 25.7 Å². The summed E-state index contributed by atoms with van der Waals surface area (Å²) in [6.07, 6.45) is 3.49. The predicted octanol–water partition coefficient (Wildman–Crippen LogP) is 0.610. The standard InChI is InChI=1S/C10H19NO4S/c1-11(2)10(12)8-4-6-9(7-5-8)15-16(3,13)14/h8-9H,4-7H2,1-3H3. The van der Waals surface area contributed by atoms with Gasteiger partial charge in [-0.05, 0) is 25.7 Å². The first kappa shape index (κ1) is 13.4. The Morgan fingerprint density at radius 1 is 1.19 bits per heavy atom. The number of nitrogens with zero attached hydrogens (tertiary/aromatic N) is 1. The van der Waals surface area contributed by atoms with E-state index in [1.54, 1.807) is 19.0 Å². The molecule has 0 radical (unpaired) electrons. The van der Waals surface area contributed by atoms with E-state index in [4.69, 9.17) is 4.18 Å². The molecule has 1 rings (SSSR count). The lowest BCUT2D eigenvalue weighted by molar-refractivity contribution is -0.134. The van der Waals surface area contributed by atoms with E-state index in [0.29, 0.717) is 25.7 Å². The zero-order valence-electron chi connectivity index (χ0n) is 9.97. The van der Waals surface area contributed by atoms with E-state index in [9.17, 15) is 13.2 Å². The van der Waals surface area contributed by atoms with Crippen LogP contribution in [0.15, 0.2) is 0 Å². The molecule has 1 saturated carbocycles. The highest BCUT2D eigenvalue weighted by Gasteiger charge is 2.29. The summed E-state index contributed by atoms with van der Waals surface area (Å²) >= 11 is 0. The summed E-state index contributed by atoms with van der Waals surface area (Å²) in [6, 6.07) is 0. The lowest BCUT2D eigenvalue weighted by Crippen LogP contribution is -2.34. The summed E-state index contributed by atoms with van der Waals surface area (Å²) in [6.45, 7) is 0. The molecule has 1 aliphatic carbocycles. The van der Waals surface area contributed by atoms with E-state index < -0.39 is 10.1 Å². The van der Waals surface area contributed by atoms with Crippen LogP contribution in [0.5, 0.6) is 0 Å². The topological polar surface area (TPSA) is 63.7 Å². The summed E-state index contributed by atoms with van der Waals surface area (Å²) in [7, 11) is 0.102. The van der Waals surface area contributed by atoms with Crippen molar-refractivity contribution in [2.45, 2.75) is 31.8 Å². The second kappa shape index (κ2) is 5.14. The first-order valence-electron chi connectivity index (χ1n) is 5.39. The predicted molar refractivity (Wildman–Crippen MR) is 60.4 cm³/mol. The van der Waals surface area contributed by atoms with Crippen LogP contribution < -0.4 is 0 Å². The van der Waals surface area contributed by atoms with Crippen molar-refractivity contribution in [2.24, 2.45) is 5.92 Å². The van der Waals surface area contributed by atoms with Crippen LogP contribution in [-0.2, 0) is 19.1 Å². The Hall–Kier alpha value is -0.620. The monoisotopic (exact) mass is 249 g/mol. The van der Waals surface area contributed by atoms with Gasteiger partial charge in [0.15, 0.2) is 0 Å². The van der Waals surface area contributed by atoms with Gasteiger partial charge in [-0.2, -0.15) is 8.42 Å². The van der Waals surface area contributed by atoms with Gasteiger partial charge >= 0.3 is 0 Å². The van der Waals surface area contributed by atoms with Crippen LogP contribution in [0.2, 0.25) is 0 Å². The van der Waals surface area contributed by atoms with Crippen molar-refractivity contribution in [1.29, 1.82) is 0 Å². The normalized spacial score (nSPS) is 26.4. The van der Waals surface area contributed by atoms with Gasteiger partial charge in [0, 0.05) is 20.0 Å². The van der Waals surface area contributed by atoms with E-state index in [2.05, 4.69) is 0 Å². The van der Waals surface area contributed by atoms with Crippen LogP contribution in [0.4, 0.5) is 0 Å². The number of carbonyl (C=O) groups excluding carboxylic acids is 1. The molecule has 0 unspecified atom stereocenters. The third-order valence-corrected chi connectivity index (χ3v) is 3.40. The highest BCUT2D eigenvalue weighted by molar-refractivity contribution is 7.86. The molecule has 0 spiro atoms. The number of hydrogen-bond donors (Lipinski definition) is 0. The third kappa shape index (κ3) is 4.09. The molecule has 0 aromatic heterocycles. The lowest BCUT2D eigenvalue weighted by Gasteiger charge is -2.28. The average Bonchev–Trinajstić information content (AvgIpc) is 2.15. The van der Waals surface area contributed by atoms with Crippen LogP contribution >= 0.6 is 0 Å². The SMILES string of the molecule is CN(C)C(=O)C1CCC(OS(C)(=O)=O)CC1. The van der Waals surface area contributed by atoms with Gasteiger partial charge in [0.2, 0.25) is 5.91 Å². The minimum atomic E-state index is -3.37. The summed E-state index contributed by atoms with van der Waals surface area (Å²) in [5.74, 6) is 0.146. The molecule has 0 saturated heterocycles. The van der Waals surface area contributed by atoms with Gasteiger partial charge in [0.05, 0.1) is 12.4 Å². The zero-order valence-corrected chi connectivity index (χ0v) is 10.8. The molecule has 1 aliphatic rings. The minimum Gasteiger partial charge on any atom is -0.349 e. The van der Waals surface area contributed by atoms with Crippen molar-refractivity contribution in [1.82, 2.24) is 4.90 Å². The Kier molecular flexibility index (Phi) is 4.32. The summed E-state index contributed by atoms with van der Waals surface area (Å²) in [4.78, 5) is 13.2. The Morgan fingerprint density at radius 2 is 1.69 bits per heavy atom. The van der Waals surface area contributed by atoms with Crippen molar-refractivity contribution in [3.05, 3.63) is 0 Å². The minimum absolute atomic E-state index is 0.0226. The molecule has 0 heterocycles. The summed E-state index contributed by atoms with van der Waals surface area (Å²) in [5, 5.41) is 0. The molecule has 0 N–H and O–H groups in total. The number of hydrogen-bond acceptors (Lipinski definition) is 4. The Labute approximate surface area is 96.9 Å².